The molecule has 1 fully saturated rings. The second-order valence-corrected chi connectivity index (χ2v) is 8.64. The predicted molar refractivity (Wildman–Crippen MR) is 126 cm³/mol. The van der Waals surface area contributed by atoms with E-state index in [1.807, 2.05) is 0 Å². The van der Waals surface area contributed by atoms with Crippen LogP contribution in [0, 0.1) is 6.92 Å². The Morgan fingerprint density at radius 2 is 1.90 bits per heavy atom. The Bertz CT molecular complexity index is 848. The highest BCUT2D eigenvalue weighted by atomic mass is 127. The van der Waals surface area contributed by atoms with Gasteiger partial charge < -0.3 is 15.4 Å². The number of hydrogen-bond acceptors (Lipinski definition) is 3. The molecule has 2 N–H and O–H groups in total. The molecule has 0 amide bonds. The molecule has 1 aliphatic rings. The molecule has 1 aliphatic heterocycles. The topological polar surface area (TPSA) is 45.7 Å². The Hall–Kier alpha value is -1.33. The molecule has 1 saturated heterocycles. The Labute approximate surface area is 196 Å². The van der Waals surface area contributed by atoms with Crippen molar-refractivity contribution >= 4 is 41.3 Å². The fourth-order valence-corrected chi connectivity index (χ4v) is 4.41. The first kappa shape index (κ1) is 24.9. The summed E-state index contributed by atoms with van der Waals surface area (Å²) in [5.41, 5.74) is -0.361. The SMILES string of the molecule is CN=C(NCc1ccc(C)s1)NCC1(c2cccc(C(F)(F)F)c2)CCOCC1.I. The monoisotopic (exact) mass is 553 g/mol. The van der Waals surface area contributed by atoms with Gasteiger partial charge in [0.25, 0.3) is 0 Å². The summed E-state index contributed by atoms with van der Waals surface area (Å²) < 4.78 is 45.2. The first-order chi connectivity index (χ1) is 13.8. The van der Waals surface area contributed by atoms with Crippen molar-refractivity contribution in [2.45, 2.75) is 37.9 Å². The van der Waals surface area contributed by atoms with Crippen LogP contribution >= 0.6 is 35.3 Å². The minimum atomic E-state index is -4.35. The van der Waals surface area contributed by atoms with Crippen LogP contribution in [0.1, 0.15) is 33.7 Å². The molecule has 0 unspecified atom stereocenters. The molecule has 1 aromatic carbocycles. The van der Waals surface area contributed by atoms with E-state index in [0.29, 0.717) is 50.7 Å². The van der Waals surface area contributed by atoms with Crippen LogP contribution in [0.15, 0.2) is 41.4 Å². The summed E-state index contributed by atoms with van der Waals surface area (Å²) in [6, 6.07) is 9.81. The highest BCUT2D eigenvalue weighted by Gasteiger charge is 2.37. The number of guanidine groups is 1. The maximum absolute atomic E-state index is 13.2. The minimum Gasteiger partial charge on any atom is -0.381 e. The molecule has 4 nitrogen and oxygen atoms in total. The van der Waals surface area contributed by atoms with Gasteiger partial charge in [-0.15, -0.1) is 35.3 Å². The molecule has 0 bridgehead atoms. The summed E-state index contributed by atoms with van der Waals surface area (Å²) in [6.07, 6.45) is -3.04. The van der Waals surface area contributed by atoms with E-state index in [9.17, 15) is 13.2 Å². The lowest BCUT2D eigenvalue weighted by atomic mass is 9.73. The van der Waals surface area contributed by atoms with Gasteiger partial charge in [-0.25, -0.2) is 0 Å². The van der Waals surface area contributed by atoms with E-state index in [-0.39, 0.29) is 24.0 Å². The summed E-state index contributed by atoms with van der Waals surface area (Å²) in [5, 5.41) is 6.60. The van der Waals surface area contributed by atoms with E-state index in [1.54, 1.807) is 24.5 Å². The first-order valence-electron chi connectivity index (χ1n) is 9.58. The quantitative estimate of drug-likeness (QED) is 0.308. The fraction of sp³-hybridized carbons (Fsp3) is 0.476. The van der Waals surface area contributed by atoms with Gasteiger partial charge in [-0.3, -0.25) is 4.99 Å². The van der Waals surface area contributed by atoms with Crippen molar-refractivity contribution in [3.63, 3.8) is 0 Å². The van der Waals surface area contributed by atoms with Gasteiger partial charge in [0.05, 0.1) is 12.1 Å². The number of rotatable bonds is 5. The van der Waals surface area contributed by atoms with Crippen LogP contribution in [0.5, 0.6) is 0 Å². The first-order valence-corrected chi connectivity index (χ1v) is 10.4. The number of alkyl halides is 3. The molecular formula is C21H27F3IN3OS. The van der Waals surface area contributed by atoms with Gasteiger partial charge >= 0.3 is 6.18 Å². The number of aryl methyl sites for hydroxylation is 1. The van der Waals surface area contributed by atoms with Crippen LogP contribution in [-0.4, -0.2) is 32.8 Å². The lowest BCUT2D eigenvalue weighted by Crippen LogP contribution is -2.48. The lowest BCUT2D eigenvalue weighted by molar-refractivity contribution is -0.137. The van der Waals surface area contributed by atoms with Crippen LogP contribution in [0.25, 0.3) is 0 Å². The molecule has 1 aromatic heterocycles. The standard InChI is InChI=1S/C21H26F3N3OS.HI/c1-15-6-7-18(29-15)13-26-19(25-2)27-14-20(8-10-28-11-9-20)16-4-3-5-17(12-16)21(22,23)24;/h3-7,12H,8-11,13-14H2,1-2H3,(H2,25,26,27);1H. The van der Waals surface area contributed by atoms with E-state index in [1.165, 1.54) is 21.9 Å². The van der Waals surface area contributed by atoms with E-state index in [0.717, 1.165) is 6.07 Å². The van der Waals surface area contributed by atoms with Gasteiger partial charge in [0.2, 0.25) is 0 Å². The zero-order valence-corrected chi connectivity index (χ0v) is 20.2. The number of hydrogen-bond donors (Lipinski definition) is 2. The zero-order valence-electron chi connectivity index (χ0n) is 17.0. The molecule has 0 saturated carbocycles. The summed E-state index contributed by atoms with van der Waals surface area (Å²) in [6.45, 7) is 4.25. The van der Waals surface area contributed by atoms with Crippen LogP contribution in [-0.2, 0) is 22.9 Å². The van der Waals surface area contributed by atoms with Crippen molar-refractivity contribution in [1.29, 1.82) is 0 Å². The van der Waals surface area contributed by atoms with E-state index < -0.39 is 17.2 Å². The Balaban J connectivity index is 0.00000320. The molecule has 166 valence electrons. The van der Waals surface area contributed by atoms with Crippen molar-refractivity contribution in [2.24, 2.45) is 4.99 Å². The zero-order chi connectivity index (χ0) is 20.9. The number of halogens is 4. The van der Waals surface area contributed by atoms with Crippen molar-refractivity contribution in [3.8, 4) is 0 Å². The fourth-order valence-electron chi connectivity index (χ4n) is 3.58. The summed E-state index contributed by atoms with van der Waals surface area (Å²) >= 11 is 1.72. The Kier molecular flexibility index (Phi) is 8.98. The maximum Gasteiger partial charge on any atom is 0.416 e. The predicted octanol–water partition coefficient (Wildman–Crippen LogP) is 5.11. The van der Waals surface area contributed by atoms with Gasteiger partial charge in [0.1, 0.15) is 0 Å². The van der Waals surface area contributed by atoms with E-state index in [4.69, 9.17) is 4.74 Å². The van der Waals surface area contributed by atoms with Gasteiger partial charge in [0.15, 0.2) is 5.96 Å². The molecule has 2 aromatic rings. The molecule has 9 heteroatoms. The van der Waals surface area contributed by atoms with E-state index >= 15 is 0 Å². The van der Waals surface area contributed by atoms with Crippen molar-refractivity contribution in [3.05, 3.63) is 57.3 Å². The van der Waals surface area contributed by atoms with Crippen LogP contribution in [0.3, 0.4) is 0 Å². The highest BCUT2D eigenvalue weighted by Crippen LogP contribution is 2.37. The van der Waals surface area contributed by atoms with Crippen LogP contribution in [0.4, 0.5) is 13.2 Å². The molecule has 2 heterocycles. The van der Waals surface area contributed by atoms with Gasteiger partial charge in [0, 0.05) is 42.0 Å². The second kappa shape index (κ2) is 10.8. The Morgan fingerprint density at radius 1 is 1.17 bits per heavy atom. The van der Waals surface area contributed by atoms with Crippen LogP contribution < -0.4 is 10.6 Å². The molecule has 0 atom stereocenters. The number of nitrogens with zero attached hydrogens (tertiary/aromatic N) is 1. The Morgan fingerprint density at radius 3 is 2.50 bits per heavy atom. The molecule has 0 radical (unpaired) electrons. The smallest absolute Gasteiger partial charge is 0.381 e. The second-order valence-electron chi connectivity index (χ2n) is 7.26. The third-order valence-corrected chi connectivity index (χ3v) is 6.30. The third-order valence-electron chi connectivity index (χ3n) is 5.30. The number of ether oxygens (including phenoxy) is 1. The van der Waals surface area contributed by atoms with Gasteiger partial charge in [-0.05, 0) is 43.5 Å². The molecule has 30 heavy (non-hydrogen) atoms. The summed E-state index contributed by atoms with van der Waals surface area (Å²) in [5.74, 6) is 0.633. The molecular weight excluding hydrogens is 526 g/mol. The number of aliphatic imine (C=N–C) groups is 1. The average Bonchev–Trinajstić information content (AvgIpc) is 3.13. The molecule has 0 spiro atoms. The van der Waals surface area contributed by atoms with Crippen molar-refractivity contribution in [1.82, 2.24) is 10.6 Å². The van der Waals surface area contributed by atoms with Gasteiger partial charge in [-0.1, -0.05) is 18.2 Å². The third kappa shape index (κ3) is 6.34. The largest absolute Gasteiger partial charge is 0.416 e. The van der Waals surface area contributed by atoms with Gasteiger partial charge in [-0.2, -0.15) is 13.2 Å². The van der Waals surface area contributed by atoms with Crippen LogP contribution in [0.2, 0.25) is 0 Å². The maximum atomic E-state index is 13.2. The number of nitrogens with one attached hydrogen (secondary N) is 2. The molecule has 0 aliphatic carbocycles. The summed E-state index contributed by atoms with van der Waals surface area (Å²) in [4.78, 5) is 6.71. The van der Waals surface area contributed by atoms with Crippen molar-refractivity contribution < 1.29 is 17.9 Å². The normalized spacial score (nSPS) is 16.6. The number of thiophene rings is 1. The number of benzene rings is 1. The lowest BCUT2D eigenvalue weighted by Gasteiger charge is -2.38. The highest BCUT2D eigenvalue weighted by molar-refractivity contribution is 14.0. The molecule has 3 rings (SSSR count). The van der Waals surface area contributed by atoms with E-state index in [2.05, 4.69) is 34.7 Å². The average molecular weight is 553 g/mol. The minimum absolute atomic E-state index is 0. The summed E-state index contributed by atoms with van der Waals surface area (Å²) in [7, 11) is 1.69. The van der Waals surface area contributed by atoms with Crippen molar-refractivity contribution in [2.75, 3.05) is 26.8 Å².